The second-order valence-electron chi connectivity index (χ2n) is 4.75. The van der Waals surface area contributed by atoms with Crippen molar-refractivity contribution in [2.75, 3.05) is 19.8 Å². The molecule has 5 nitrogen and oxygen atoms in total. The topological polar surface area (TPSA) is 81.8 Å². The molecule has 0 aliphatic carbocycles. The molecule has 5 heteroatoms. The molecule has 0 rings (SSSR count). The SMILES string of the molecule is CCCCOCC(N)[C@@H](OCCCC)[C@H](O)CC=O. The van der Waals surface area contributed by atoms with Crippen molar-refractivity contribution in [3.05, 3.63) is 0 Å². The first-order chi connectivity index (χ1) is 9.17. The lowest BCUT2D eigenvalue weighted by atomic mass is 10.0. The van der Waals surface area contributed by atoms with Gasteiger partial charge in [0.1, 0.15) is 12.4 Å². The summed E-state index contributed by atoms with van der Waals surface area (Å²) in [7, 11) is 0. The van der Waals surface area contributed by atoms with Crippen LogP contribution in [-0.2, 0) is 14.3 Å². The van der Waals surface area contributed by atoms with Gasteiger partial charge in [-0.3, -0.25) is 0 Å². The number of hydrogen-bond acceptors (Lipinski definition) is 5. The van der Waals surface area contributed by atoms with E-state index in [-0.39, 0.29) is 6.42 Å². The highest BCUT2D eigenvalue weighted by atomic mass is 16.5. The molecule has 0 bridgehead atoms. The number of aldehydes is 1. The molecule has 3 atom stereocenters. The van der Waals surface area contributed by atoms with Crippen LogP contribution in [0.5, 0.6) is 0 Å². The highest BCUT2D eigenvalue weighted by Crippen LogP contribution is 2.09. The van der Waals surface area contributed by atoms with Crippen molar-refractivity contribution >= 4 is 6.29 Å². The second kappa shape index (κ2) is 12.5. The first-order valence-electron chi connectivity index (χ1n) is 7.23. The van der Waals surface area contributed by atoms with Crippen LogP contribution in [0.3, 0.4) is 0 Å². The van der Waals surface area contributed by atoms with Gasteiger partial charge in [0.15, 0.2) is 0 Å². The zero-order valence-electron chi connectivity index (χ0n) is 12.2. The molecule has 114 valence electrons. The molecule has 0 radical (unpaired) electrons. The van der Waals surface area contributed by atoms with Gasteiger partial charge in [-0.15, -0.1) is 0 Å². The smallest absolute Gasteiger partial charge is 0.122 e. The van der Waals surface area contributed by atoms with Gasteiger partial charge in [0.2, 0.25) is 0 Å². The summed E-state index contributed by atoms with van der Waals surface area (Å²) >= 11 is 0. The fourth-order valence-electron chi connectivity index (χ4n) is 1.68. The molecule has 0 heterocycles. The lowest BCUT2D eigenvalue weighted by Gasteiger charge is -2.27. The summed E-state index contributed by atoms with van der Waals surface area (Å²) in [5.74, 6) is 0. The minimum atomic E-state index is -0.862. The normalized spacial score (nSPS) is 16.0. The highest BCUT2D eigenvalue weighted by molar-refractivity contribution is 5.50. The van der Waals surface area contributed by atoms with Gasteiger partial charge in [0, 0.05) is 19.6 Å². The van der Waals surface area contributed by atoms with Crippen molar-refractivity contribution in [1.82, 2.24) is 0 Å². The summed E-state index contributed by atoms with van der Waals surface area (Å²) in [6, 6.07) is -0.413. The summed E-state index contributed by atoms with van der Waals surface area (Å²) < 4.78 is 11.0. The Labute approximate surface area is 116 Å². The summed E-state index contributed by atoms with van der Waals surface area (Å²) in [4.78, 5) is 10.5. The quantitative estimate of drug-likeness (QED) is 0.391. The number of carbonyl (C=O) groups is 1. The van der Waals surface area contributed by atoms with Crippen molar-refractivity contribution in [2.24, 2.45) is 5.73 Å². The molecule has 0 amide bonds. The van der Waals surface area contributed by atoms with Crippen LogP contribution >= 0.6 is 0 Å². The van der Waals surface area contributed by atoms with Crippen molar-refractivity contribution in [1.29, 1.82) is 0 Å². The Hall–Kier alpha value is -0.490. The van der Waals surface area contributed by atoms with Crippen molar-refractivity contribution in [3.63, 3.8) is 0 Å². The minimum absolute atomic E-state index is 0.0411. The first kappa shape index (κ1) is 18.5. The standard InChI is InChI=1S/C14H29NO4/c1-3-5-9-18-11-12(15)14(13(17)7-8-16)19-10-6-4-2/h8,12-14,17H,3-7,9-11,15H2,1-2H3/t12?,13-,14-/m1/s1. The van der Waals surface area contributed by atoms with E-state index in [0.29, 0.717) is 26.1 Å². The monoisotopic (exact) mass is 275 g/mol. The number of ether oxygens (including phenoxy) is 2. The van der Waals surface area contributed by atoms with Crippen LogP contribution in [0.4, 0.5) is 0 Å². The molecule has 0 saturated carbocycles. The summed E-state index contributed by atoms with van der Waals surface area (Å²) in [6.07, 6.45) is 3.31. The maximum Gasteiger partial charge on any atom is 0.122 e. The van der Waals surface area contributed by atoms with Crippen molar-refractivity contribution < 1.29 is 19.4 Å². The fourth-order valence-corrected chi connectivity index (χ4v) is 1.68. The Kier molecular flexibility index (Phi) is 12.2. The average Bonchev–Trinajstić information content (AvgIpc) is 2.39. The number of hydrogen-bond donors (Lipinski definition) is 2. The largest absolute Gasteiger partial charge is 0.390 e. The maximum atomic E-state index is 10.5. The van der Waals surface area contributed by atoms with E-state index in [2.05, 4.69) is 13.8 Å². The second-order valence-corrected chi connectivity index (χ2v) is 4.75. The number of nitrogens with two attached hydrogens (primary N) is 1. The average molecular weight is 275 g/mol. The number of aliphatic hydroxyl groups excluding tert-OH is 1. The number of rotatable bonds is 13. The van der Waals surface area contributed by atoms with E-state index in [1.54, 1.807) is 0 Å². The predicted octanol–water partition coefficient (Wildman–Crippen LogP) is 1.27. The van der Waals surface area contributed by atoms with E-state index < -0.39 is 18.2 Å². The molecule has 0 aliphatic heterocycles. The molecule has 0 fully saturated rings. The van der Waals surface area contributed by atoms with E-state index in [9.17, 15) is 9.90 Å². The van der Waals surface area contributed by atoms with E-state index in [0.717, 1.165) is 25.7 Å². The van der Waals surface area contributed by atoms with Crippen LogP contribution in [-0.4, -0.2) is 49.5 Å². The molecule has 19 heavy (non-hydrogen) atoms. The Balaban J connectivity index is 4.15. The van der Waals surface area contributed by atoms with Crippen LogP contribution in [0.25, 0.3) is 0 Å². The molecular weight excluding hydrogens is 246 g/mol. The van der Waals surface area contributed by atoms with Gasteiger partial charge in [-0.05, 0) is 12.8 Å². The van der Waals surface area contributed by atoms with Crippen LogP contribution in [0.1, 0.15) is 46.0 Å². The molecule has 3 N–H and O–H groups in total. The van der Waals surface area contributed by atoms with Crippen LogP contribution in [0.15, 0.2) is 0 Å². The van der Waals surface area contributed by atoms with E-state index >= 15 is 0 Å². The zero-order chi connectivity index (χ0) is 14.5. The number of carbonyl (C=O) groups excluding carboxylic acids is 1. The van der Waals surface area contributed by atoms with Gasteiger partial charge in [-0.2, -0.15) is 0 Å². The van der Waals surface area contributed by atoms with Gasteiger partial charge >= 0.3 is 0 Å². The Morgan fingerprint density at radius 3 is 2.42 bits per heavy atom. The summed E-state index contributed by atoms with van der Waals surface area (Å²) in [6.45, 7) is 5.70. The molecule has 0 spiro atoms. The third-order valence-electron chi connectivity index (χ3n) is 2.90. The molecular formula is C14H29NO4. The van der Waals surface area contributed by atoms with Gasteiger partial charge in [0.05, 0.1) is 18.8 Å². The Morgan fingerprint density at radius 2 is 1.84 bits per heavy atom. The lowest BCUT2D eigenvalue weighted by molar-refractivity contribution is -0.114. The molecule has 0 aromatic rings. The van der Waals surface area contributed by atoms with Crippen molar-refractivity contribution in [3.8, 4) is 0 Å². The molecule has 0 aromatic carbocycles. The Morgan fingerprint density at radius 1 is 1.21 bits per heavy atom. The van der Waals surface area contributed by atoms with Crippen LogP contribution in [0.2, 0.25) is 0 Å². The first-order valence-corrected chi connectivity index (χ1v) is 7.23. The van der Waals surface area contributed by atoms with Gasteiger partial charge in [0.25, 0.3) is 0 Å². The predicted molar refractivity (Wildman–Crippen MR) is 75.0 cm³/mol. The molecule has 0 aliphatic rings. The van der Waals surface area contributed by atoms with Crippen LogP contribution < -0.4 is 5.73 Å². The number of aliphatic hydroxyl groups is 1. The van der Waals surface area contributed by atoms with E-state index in [1.165, 1.54) is 0 Å². The van der Waals surface area contributed by atoms with Gasteiger partial charge in [-0.1, -0.05) is 26.7 Å². The molecule has 1 unspecified atom stereocenters. The third-order valence-corrected chi connectivity index (χ3v) is 2.90. The van der Waals surface area contributed by atoms with E-state index in [1.807, 2.05) is 0 Å². The van der Waals surface area contributed by atoms with Gasteiger partial charge in [-0.25, -0.2) is 0 Å². The Bertz CT molecular complexity index is 214. The van der Waals surface area contributed by atoms with Gasteiger partial charge < -0.3 is 25.1 Å². The molecule has 0 saturated heterocycles. The van der Waals surface area contributed by atoms with Crippen LogP contribution in [0, 0.1) is 0 Å². The van der Waals surface area contributed by atoms with E-state index in [4.69, 9.17) is 15.2 Å². The van der Waals surface area contributed by atoms with Crippen molar-refractivity contribution in [2.45, 2.75) is 64.2 Å². The zero-order valence-corrected chi connectivity index (χ0v) is 12.2. The fraction of sp³-hybridized carbons (Fsp3) is 0.929. The number of unbranched alkanes of at least 4 members (excludes halogenated alkanes) is 2. The lowest BCUT2D eigenvalue weighted by Crippen LogP contribution is -2.48. The molecule has 0 aromatic heterocycles. The minimum Gasteiger partial charge on any atom is -0.390 e. The third kappa shape index (κ3) is 9.10. The highest BCUT2D eigenvalue weighted by Gasteiger charge is 2.26. The summed E-state index contributed by atoms with van der Waals surface area (Å²) in [5.41, 5.74) is 5.99. The maximum absolute atomic E-state index is 10.5. The summed E-state index contributed by atoms with van der Waals surface area (Å²) in [5, 5.41) is 9.89.